The van der Waals surface area contributed by atoms with E-state index in [1.165, 1.54) is 7.05 Å². The molecule has 1 heterocycles. The van der Waals surface area contributed by atoms with E-state index in [0.29, 0.717) is 11.4 Å². The predicted octanol–water partition coefficient (Wildman–Crippen LogP) is 1.07. The minimum absolute atomic E-state index is 0.410. The van der Waals surface area contributed by atoms with E-state index in [2.05, 4.69) is 5.10 Å². The summed E-state index contributed by atoms with van der Waals surface area (Å²) >= 11 is 0. The molecule has 2 rings (SSSR count). The van der Waals surface area contributed by atoms with Crippen LogP contribution in [0, 0.1) is 0 Å². The Morgan fingerprint density at radius 3 is 2.53 bits per heavy atom. The van der Waals surface area contributed by atoms with Crippen molar-refractivity contribution in [3.05, 3.63) is 30.5 Å². The molecule has 0 saturated carbocycles. The quantitative estimate of drug-likeness (QED) is 0.853. The number of hydrogen-bond donors (Lipinski definition) is 1. The first-order chi connectivity index (χ1) is 8.79. The Labute approximate surface area is 112 Å². The van der Waals surface area contributed by atoms with Crippen molar-refractivity contribution in [2.75, 3.05) is 23.3 Å². The fraction of sp³-hybridized carbons (Fsp3) is 0.250. The molecule has 0 fully saturated rings. The molecule has 6 nitrogen and oxygen atoms in total. The zero-order chi connectivity index (χ0) is 14.2. The first-order valence-electron chi connectivity index (χ1n) is 5.62. The van der Waals surface area contributed by atoms with Crippen LogP contribution in [-0.4, -0.2) is 31.5 Å². The third-order valence-corrected chi connectivity index (χ3v) is 4.07. The van der Waals surface area contributed by atoms with Gasteiger partial charge in [0.1, 0.15) is 0 Å². The molecule has 102 valence electrons. The van der Waals surface area contributed by atoms with Crippen LogP contribution >= 0.6 is 0 Å². The van der Waals surface area contributed by atoms with Gasteiger partial charge in [-0.05, 0) is 18.2 Å². The van der Waals surface area contributed by atoms with Crippen molar-refractivity contribution in [3.63, 3.8) is 0 Å². The number of aryl methyl sites for hydroxylation is 1. The Bertz CT molecular complexity index is 706. The molecular weight excluding hydrogens is 264 g/mol. The SMILES string of the molecule is CN(c1cc(-c2ccn(C)n2)ccc1N)S(C)(=O)=O. The molecule has 0 saturated heterocycles. The van der Waals surface area contributed by atoms with Crippen molar-refractivity contribution >= 4 is 21.4 Å². The number of aromatic nitrogens is 2. The molecule has 7 heteroatoms. The van der Waals surface area contributed by atoms with Crippen LogP contribution in [0.4, 0.5) is 11.4 Å². The van der Waals surface area contributed by atoms with E-state index in [0.717, 1.165) is 21.8 Å². The fourth-order valence-electron chi connectivity index (χ4n) is 1.72. The van der Waals surface area contributed by atoms with Gasteiger partial charge in [-0.2, -0.15) is 5.10 Å². The van der Waals surface area contributed by atoms with E-state index in [9.17, 15) is 8.42 Å². The molecule has 0 unspecified atom stereocenters. The lowest BCUT2D eigenvalue weighted by Crippen LogP contribution is -2.25. The van der Waals surface area contributed by atoms with Gasteiger partial charge in [-0.15, -0.1) is 0 Å². The van der Waals surface area contributed by atoms with Gasteiger partial charge in [-0.3, -0.25) is 8.99 Å². The third-order valence-electron chi connectivity index (χ3n) is 2.88. The van der Waals surface area contributed by atoms with Crippen LogP contribution in [-0.2, 0) is 17.1 Å². The predicted molar refractivity (Wildman–Crippen MR) is 76.3 cm³/mol. The Kier molecular flexibility index (Phi) is 3.23. The lowest BCUT2D eigenvalue weighted by molar-refractivity contribution is 0.600. The average molecular weight is 280 g/mol. The van der Waals surface area contributed by atoms with E-state index in [-0.39, 0.29) is 0 Å². The molecule has 0 amide bonds. The summed E-state index contributed by atoms with van der Waals surface area (Å²) in [5, 5.41) is 4.28. The summed E-state index contributed by atoms with van der Waals surface area (Å²) in [5.41, 5.74) is 8.29. The number of anilines is 2. The highest BCUT2D eigenvalue weighted by atomic mass is 32.2. The monoisotopic (exact) mass is 280 g/mol. The van der Waals surface area contributed by atoms with Gasteiger partial charge in [-0.1, -0.05) is 6.07 Å². The summed E-state index contributed by atoms with van der Waals surface area (Å²) in [5.74, 6) is 0. The van der Waals surface area contributed by atoms with Crippen molar-refractivity contribution in [2.45, 2.75) is 0 Å². The highest BCUT2D eigenvalue weighted by molar-refractivity contribution is 7.92. The molecule has 19 heavy (non-hydrogen) atoms. The topological polar surface area (TPSA) is 81.2 Å². The zero-order valence-electron chi connectivity index (χ0n) is 11.0. The highest BCUT2D eigenvalue weighted by Crippen LogP contribution is 2.29. The number of nitrogen functional groups attached to an aromatic ring is 1. The number of rotatable bonds is 3. The maximum absolute atomic E-state index is 11.6. The van der Waals surface area contributed by atoms with Gasteiger partial charge in [-0.25, -0.2) is 8.42 Å². The number of hydrogen-bond acceptors (Lipinski definition) is 4. The van der Waals surface area contributed by atoms with Gasteiger partial charge in [0.05, 0.1) is 23.3 Å². The van der Waals surface area contributed by atoms with E-state index in [1.54, 1.807) is 16.8 Å². The van der Waals surface area contributed by atoms with Gasteiger partial charge in [0.2, 0.25) is 10.0 Å². The molecule has 0 radical (unpaired) electrons. The Morgan fingerprint density at radius 2 is 2.00 bits per heavy atom. The van der Waals surface area contributed by atoms with Gasteiger partial charge in [0, 0.05) is 25.9 Å². The molecule has 1 aromatic carbocycles. The summed E-state index contributed by atoms with van der Waals surface area (Å²) in [7, 11) is -0.0452. The van der Waals surface area contributed by atoms with E-state index >= 15 is 0 Å². The van der Waals surface area contributed by atoms with Crippen molar-refractivity contribution in [2.24, 2.45) is 7.05 Å². The minimum Gasteiger partial charge on any atom is -0.397 e. The largest absolute Gasteiger partial charge is 0.397 e. The molecule has 2 aromatic rings. The van der Waals surface area contributed by atoms with Gasteiger partial charge in [0.25, 0.3) is 0 Å². The van der Waals surface area contributed by atoms with Crippen LogP contribution < -0.4 is 10.0 Å². The van der Waals surface area contributed by atoms with E-state index in [4.69, 9.17) is 5.73 Å². The molecule has 2 N–H and O–H groups in total. The lowest BCUT2D eigenvalue weighted by Gasteiger charge is -2.19. The van der Waals surface area contributed by atoms with Gasteiger partial charge >= 0.3 is 0 Å². The fourth-order valence-corrected chi connectivity index (χ4v) is 2.24. The maximum Gasteiger partial charge on any atom is 0.232 e. The van der Waals surface area contributed by atoms with Crippen molar-refractivity contribution in [1.82, 2.24) is 9.78 Å². The second-order valence-electron chi connectivity index (χ2n) is 4.38. The first kappa shape index (κ1) is 13.4. The summed E-state index contributed by atoms with van der Waals surface area (Å²) in [4.78, 5) is 0. The molecule has 0 aliphatic carbocycles. The molecule has 0 aliphatic heterocycles. The molecule has 0 bridgehead atoms. The highest BCUT2D eigenvalue weighted by Gasteiger charge is 2.16. The Balaban J connectivity index is 2.52. The number of benzene rings is 1. The number of nitrogens with two attached hydrogens (primary N) is 1. The molecular formula is C12H16N4O2S. The molecule has 0 spiro atoms. The van der Waals surface area contributed by atoms with E-state index < -0.39 is 10.0 Å². The zero-order valence-corrected chi connectivity index (χ0v) is 11.8. The van der Waals surface area contributed by atoms with E-state index in [1.807, 2.05) is 25.4 Å². The molecule has 1 aromatic heterocycles. The second kappa shape index (κ2) is 4.58. The van der Waals surface area contributed by atoms with Crippen LogP contribution in [0.5, 0.6) is 0 Å². The maximum atomic E-state index is 11.6. The lowest BCUT2D eigenvalue weighted by atomic mass is 10.1. The number of nitrogens with zero attached hydrogens (tertiary/aromatic N) is 3. The van der Waals surface area contributed by atoms with Crippen LogP contribution in [0.15, 0.2) is 30.5 Å². The van der Waals surface area contributed by atoms with Crippen molar-refractivity contribution < 1.29 is 8.42 Å². The van der Waals surface area contributed by atoms with Gasteiger partial charge in [0.15, 0.2) is 0 Å². The van der Waals surface area contributed by atoms with Crippen molar-refractivity contribution in [1.29, 1.82) is 0 Å². The molecule has 0 atom stereocenters. The van der Waals surface area contributed by atoms with Crippen LogP contribution in [0.25, 0.3) is 11.3 Å². The third kappa shape index (κ3) is 2.70. The van der Waals surface area contributed by atoms with Crippen molar-refractivity contribution in [3.8, 4) is 11.3 Å². The number of sulfonamides is 1. The Morgan fingerprint density at radius 1 is 1.32 bits per heavy atom. The molecule has 0 aliphatic rings. The second-order valence-corrected chi connectivity index (χ2v) is 6.39. The minimum atomic E-state index is -3.34. The van der Waals surface area contributed by atoms with Crippen LogP contribution in [0.2, 0.25) is 0 Å². The van der Waals surface area contributed by atoms with Gasteiger partial charge < -0.3 is 5.73 Å². The summed E-state index contributed by atoms with van der Waals surface area (Å²) < 4.78 is 26.0. The van der Waals surface area contributed by atoms with Crippen LogP contribution in [0.1, 0.15) is 0 Å². The standard InChI is InChI=1S/C12H16N4O2S/c1-15-7-6-11(14-15)9-4-5-10(13)12(8-9)16(2)19(3,17)18/h4-8H,13H2,1-3H3. The Hall–Kier alpha value is -2.02. The first-order valence-corrected chi connectivity index (χ1v) is 7.47. The normalized spacial score (nSPS) is 11.5. The summed E-state index contributed by atoms with van der Waals surface area (Å²) in [6, 6.07) is 7.08. The summed E-state index contributed by atoms with van der Waals surface area (Å²) in [6.07, 6.45) is 2.96. The van der Waals surface area contributed by atoms with Crippen LogP contribution in [0.3, 0.4) is 0 Å². The smallest absolute Gasteiger partial charge is 0.232 e. The average Bonchev–Trinajstić information content (AvgIpc) is 2.74. The summed E-state index contributed by atoms with van der Waals surface area (Å²) in [6.45, 7) is 0.